The Balaban J connectivity index is 1.21. The fourth-order valence-corrected chi connectivity index (χ4v) is 7.13. The number of amides is 3. The number of fused-ring (bicyclic) bond motifs is 3. The monoisotopic (exact) mass is 707 g/mol. The molecule has 1 fully saturated rings. The first-order chi connectivity index (χ1) is 25.3. The van der Waals surface area contributed by atoms with Crippen LogP contribution in [0, 0.1) is 5.92 Å². The van der Waals surface area contributed by atoms with Crippen LogP contribution in [-0.4, -0.2) is 78.4 Å². The summed E-state index contributed by atoms with van der Waals surface area (Å²) in [4.78, 5) is 55.0. The highest BCUT2D eigenvalue weighted by atomic mass is 16.6. The number of aliphatic hydroxyl groups is 1. The number of carbonyl (C=O) groups is 4. The number of nitrogens with zero attached hydrogens (tertiary/aromatic N) is 1. The zero-order valence-electron chi connectivity index (χ0n) is 29.6. The van der Waals surface area contributed by atoms with E-state index in [1.807, 2.05) is 66.7 Å². The summed E-state index contributed by atoms with van der Waals surface area (Å²) in [6, 6.07) is 23.7. The summed E-state index contributed by atoms with van der Waals surface area (Å²) < 4.78 is 11.5. The molecule has 52 heavy (non-hydrogen) atoms. The fraction of sp³-hybridized carbons (Fsp3) is 0.381. The summed E-state index contributed by atoms with van der Waals surface area (Å²) in [6.07, 6.45) is 5.38. The van der Waals surface area contributed by atoms with Crippen LogP contribution in [0.1, 0.15) is 61.1 Å². The summed E-state index contributed by atoms with van der Waals surface area (Å²) in [5.74, 6) is -2.02. The van der Waals surface area contributed by atoms with Gasteiger partial charge in [-0.25, -0.2) is 9.59 Å². The summed E-state index contributed by atoms with van der Waals surface area (Å²) >= 11 is 0. The molecular formula is C42H49N3O7. The van der Waals surface area contributed by atoms with E-state index in [4.69, 9.17) is 9.47 Å². The lowest BCUT2D eigenvalue weighted by atomic mass is 9.98. The number of rotatable bonds is 18. The van der Waals surface area contributed by atoms with E-state index in [0.29, 0.717) is 19.4 Å². The molecule has 3 aromatic rings. The van der Waals surface area contributed by atoms with Gasteiger partial charge in [-0.2, -0.15) is 0 Å². The van der Waals surface area contributed by atoms with Crippen molar-refractivity contribution in [3.8, 4) is 11.1 Å². The predicted octanol–water partition coefficient (Wildman–Crippen LogP) is 5.70. The van der Waals surface area contributed by atoms with Gasteiger partial charge in [0.05, 0.1) is 24.6 Å². The predicted molar refractivity (Wildman–Crippen MR) is 199 cm³/mol. The number of hydrogen-bond donors (Lipinski definition) is 3. The number of esters is 1. The first-order valence-corrected chi connectivity index (χ1v) is 18.1. The number of alkyl carbamates (subject to hydrolysis) is 1. The van der Waals surface area contributed by atoms with Gasteiger partial charge in [0.15, 0.2) is 0 Å². The Bertz CT molecular complexity index is 1660. The van der Waals surface area contributed by atoms with Crippen LogP contribution >= 0.6 is 0 Å². The molecule has 3 amide bonds. The van der Waals surface area contributed by atoms with Crippen molar-refractivity contribution in [2.24, 2.45) is 5.92 Å². The minimum Gasteiger partial charge on any atom is -0.462 e. The van der Waals surface area contributed by atoms with Crippen LogP contribution < -0.4 is 10.6 Å². The molecule has 1 aliphatic carbocycles. The van der Waals surface area contributed by atoms with Crippen molar-refractivity contribution in [3.05, 3.63) is 121 Å². The van der Waals surface area contributed by atoms with E-state index in [0.717, 1.165) is 40.7 Å². The molecule has 0 radical (unpaired) electrons. The normalized spacial score (nSPS) is 16.5. The molecule has 1 heterocycles. The van der Waals surface area contributed by atoms with E-state index in [2.05, 4.69) is 35.9 Å². The Kier molecular flexibility index (Phi) is 13.8. The van der Waals surface area contributed by atoms with Crippen LogP contribution in [0.25, 0.3) is 11.1 Å². The van der Waals surface area contributed by atoms with Crippen molar-refractivity contribution < 1.29 is 33.8 Å². The Morgan fingerprint density at radius 3 is 2.21 bits per heavy atom. The third-order valence-electron chi connectivity index (χ3n) is 9.83. The maximum absolute atomic E-state index is 13.6. The number of likely N-dealkylation sites (tertiary alicyclic amines) is 1. The third kappa shape index (κ3) is 9.76. The molecule has 0 saturated carbocycles. The maximum atomic E-state index is 13.6. The standard InChI is InChI=1S/C42H49N3O7/c1-3-5-22-38(44-42(50)52-28-37-35-20-11-9-18-33(35)34-19-10-12-21-36(34)37)41(49)51-27-31(24-29-15-7-6-8-16-29)43-40(48)30(14-4-2)25-39(47)45-23-13-17-32(45)26-46/h3-4,6-12,15-16,18-21,30-32,37-38,46H,1-2,5,13-14,17,22-28H2,(H,43,48)(H,44,50). The highest BCUT2D eigenvalue weighted by molar-refractivity contribution is 5.86. The van der Waals surface area contributed by atoms with Crippen molar-refractivity contribution in [1.29, 1.82) is 0 Å². The second-order valence-electron chi connectivity index (χ2n) is 13.4. The average Bonchev–Trinajstić information content (AvgIpc) is 3.77. The van der Waals surface area contributed by atoms with E-state index in [-0.39, 0.29) is 62.9 Å². The molecular weight excluding hydrogens is 658 g/mol. The molecule has 4 atom stereocenters. The summed E-state index contributed by atoms with van der Waals surface area (Å²) in [5, 5.41) is 15.4. The molecule has 274 valence electrons. The average molecular weight is 708 g/mol. The number of aliphatic hydroxyl groups excluding tert-OH is 1. The number of allylic oxidation sites excluding steroid dienone is 2. The van der Waals surface area contributed by atoms with Gasteiger partial charge in [-0.1, -0.05) is 91.0 Å². The molecule has 5 rings (SSSR count). The van der Waals surface area contributed by atoms with E-state index in [1.54, 1.807) is 17.1 Å². The van der Waals surface area contributed by atoms with Gasteiger partial charge in [0.2, 0.25) is 11.8 Å². The van der Waals surface area contributed by atoms with E-state index < -0.39 is 30.1 Å². The molecule has 3 aromatic carbocycles. The minimum absolute atomic E-state index is 0.0279. The number of nitrogens with one attached hydrogen (secondary N) is 2. The summed E-state index contributed by atoms with van der Waals surface area (Å²) in [6.45, 7) is 7.91. The van der Waals surface area contributed by atoms with Crippen LogP contribution in [0.2, 0.25) is 0 Å². The summed E-state index contributed by atoms with van der Waals surface area (Å²) in [7, 11) is 0. The van der Waals surface area contributed by atoms with Crippen LogP contribution in [-0.2, 0) is 30.3 Å². The molecule has 10 nitrogen and oxygen atoms in total. The van der Waals surface area contributed by atoms with Crippen LogP contribution in [0.4, 0.5) is 4.79 Å². The quantitative estimate of drug-likeness (QED) is 0.114. The van der Waals surface area contributed by atoms with Gasteiger partial charge < -0.3 is 30.1 Å². The lowest BCUT2D eigenvalue weighted by molar-refractivity contribution is -0.147. The molecule has 0 spiro atoms. The van der Waals surface area contributed by atoms with Crippen molar-refractivity contribution in [3.63, 3.8) is 0 Å². The number of hydrogen-bond acceptors (Lipinski definition) is 7. The van der Waals surface area contributed by atoms with Gasteiger partial charge in [-0.15, -0.1) is 13.2 Å². The second kappa shape index (κ2) is 18.9. The van der Waals surface area contributed by atoms with Crippen molar-refractivity contribution in [2.75, 3.05) is 26.4 Å². The zero-order chi connectivity index (χ0) is 36.9. The molecule has 10 heteroatoms. The maximum Gasteiger partial charge on any atom is 0.407 e. The molecule has 0 bridgehead atoms. The van der Waals surface area contributed by atoms with Crippen LogP contribution in [0.15, 0.2) is 104 Å². The molecule has 1 saturated heterocycles. The van der Waals surface area contributed by atoms with Crippen molar-refractivity contribution in [2.45, 2.75) is 69.0 Å². The zero-order valence-corrected chi connectivity index (χ0v) is 29.6. The summed E-state index contributed by atoms with van der Waals surface area (Å²) in [5.41, 5.74) is 5.30. The second-order valence-corrected chi connectivity index (χ2v) is 13.4. The minimum atomic E-state index is -1.01. The fourth-order valence-electron chi connectivity index (χ4n) is 7.13. The smallest absolute Gasteiger partial charge is 0.407 e. The van der Waals surface area contributed by atoms with Gasteiger partial charge >= 0.3 is 12.1 Å². The van der Waals surface area contributed by atoms with Crippen LogP contribution in [0.5, 0.6) is 0 Å². The van der Waals surface area contributed by atoms with Gasteiger partial charge in [0, 0.05) is 18.9 Å². The first-order valence-electron chi connectivity index (χ1n) is 18.1. The van der Waals surface area contributed by atoms with E-state index in [9.17, 15) is 24.3 Å². The van der Waals surface area contributed by atoms with Gasteiger partial charge in [-0.05, 0) is 66.3 Å². The topological polar surface area (TPSA) is 134 Å². The molecule has 3 N–H and O–H groups in total. The SMILES string of the molecule is C=CCCC(NC(=O)OCC1c2ccccc2-c2ccccc21)C(=O)OCC(Cc1ccccc1)NC(=O)C(CC=C)CC(=O)N1CCCC1CO. The Hall–Kier alpha value is -5.22. The lowest BCUT2D eigenvalue weighted by Gasteiger charge is -2.26. The number of benzene rings is 3. The van der Waals surface area contributed by atoms with Gasteiger partial charge in [-0.3, -0.25) is 9.59 Å². The van der Waals surface area contributed by atoms with Crippen molar-refractivity contribution >= 4 is 23.9 Å². The van der Waals surface area contributed by atoms with E-state index in [1.165, 1.54) is 0 Å². The van der Waals surface area contributed by atoms with E-state index >= 15 is 0 Å². The van der Waals surface area contributed by atoms with Crippen LogP contribution in [0.3, 0.4) is 0 Å². The van der Waals surface area contributed by atoms with Gasteiger partial charge in [0.1, 0.15) is 19.3 Å². The van der Waals surface area contributed by atoms with Gasteiger partial charge in [0.25, 0.3) is 0 Å². The number of carbonyl (C=O) groups excluding carboxylic acids is 4. The number of ether oxygens (including phenoxy) is 2. The Morgan fingerprint density at radius 2 is 1.56 bits per heavy atom. The molecule has 2 aliphatic rings. The molecule has 4 unspecified atom stereocenters. The molecule has 0 aromatic heterocycles. The lowest BCUT2D eigenvalue weighted by Crippen LogP contribution is -2.47. The Labute approximate surface area is 305 Å². The molecule has 1 aliphatic heterocycles. The highest BCUT2D eigenvalue weighted by Gasteiger charge is 2.33. The third-order valence-corrected chi connectivity index (χ3v) is 9.83. The van der Waals surface area contributed by atoms with Crippen molar-refractivity contribution in [1.82, 2.24) is 15.5 Å². The first kappa shape index (κ1) is 38.0. The highest BCUT2D eigenvalue weighted by Crippen LogP contribution is 2.44. The largest absolute Gasteiger partial charge is 0.462 e. The Morgan fingerprint density at radius 1 is 0.885 bits per heavy atom.